The number of carbonyl (C=O) groups excluding carboxylic acids is 7. The number of unbranched alkanes of at least 4 members (excludes halogenated alkanes) is 1. The van der Waals surface area contributed by atoms with Crippen LogP contribution in [0.1, 0.15) is 133 Å². The quantitative estimate of drug-likeness (QED) is 0.0446. The number of Topliss-reactive ketones (excluding diaryl/α,β-unsaturated/α-hetero) is 2. The summed E-state index contributed by atoms with van der Waals surface area (Å²) in [6.07, 6.45) is 1.30. The number of aromatic hydroxyl groups is 1. The van der Waals surface area contributed by atoms with E-state index in [1.165, 1.54) is 69.8 Å². The first-order valence-electron chi connectivity index (χ1n) is 29.2. The van der Waals surface area contributed by atoms with Crippen molar-refractivity contribution in [3.63, 3.8) is 0 Å². The standard InChI is InChI=1S/C59H85N5O22P2/c1-31(2)29-63-24-21-59(22-25-63)61-46-43-44-50(69)37(8)54-45(43)55(71)58(11,86-54)83-27-20-40(80-12)34(5)53(84-39(10)66)36(7)49(68)35(6)52(32(3)17-16-18-33(4)56(72)60-47(51(44)70)48(46)64(59)57(73)81-13)85-41(67)30-62(26-28-82-38(9)65)23-15-14-19-42(87(74,75)76)88(77,78)79/h16-18,20,27,31-32,34-36,40,42,49,52-53,68-69H,14-15,19,21-26,28-30H2,1-13H3,(H,60,72)(H2,74,75,76)(H2,77,78,79)/b17-16+,27-20+,33-18-/t32-,34+,35-,36+,40-,49+,52-,53+,58-/m0/s1. The smallest absolute Gasteiger partial charge is 0.416 e. The number of benzene rings is 1. The third kappa shape index (κ3) is 15.7. The number of ketones is 2. The summed E-state index contributed by atoms with van der Waals surface area (Å²) in [5.74, 6) is -10.9. The predicted molar refractivity (Wildman–Crippen MR) is 317 cm³/mol. The number of phenols is 1. The third-order valence-electron chi connectivity index (χ3n) is 16.8. The number of esters is 3. The number of aliphatic hydroxyl groups excluding tert-OH is 1. The van der Waals surface area contributed by atoms with E-state index >= 15 is 9.59 Å². The highest BCUT2D eigenvalue weighted by atomic mass is 31.2. The van der Waals surface area contributed by atoms with E-state index in [2.05, 4.69) is 24.1 Å². The molecule has 0 unspecified atom stereocenters. The van der Waals surface area contributed by atoms with Gasteiger partial charge in [0.25, 0.3) is 11.7 Å². The van der Waals surface area contributed by atoms with Crippen molar-refractivity contribution in [3.8, 4) is 11.5 Å². The molecular weight excluding hydrogens is 1190 g/mol. The average Bonchev–Trinajstić information content (AvgIpc) is 1.61. The molecule has 1 aromatic rings. The molecule has 7 rings (SSSR count). The molecule has 1 spiro atoms. The van der Waals surface area contributed by atoms with Gasteiger partial charge in [0.05, 0.1) is 49.0 Å². The van der Waals surface area contributed by atoms with Crippen LogP contribution in [0.4, 0.5) is 4.79 Å². The van der Waals surface area contributed by atoms with Crippen LogP contribution in [0.15, 0.2) is 52.5 Å². The first-order valence-corrected chi connectivity index (χ1v) is 32.6. The maximum absolute atomic E-state index is 15.3. The molecular formula is C59H85N5O22P2. The summed E-state index contributed by atoms with van der Waals surface area (Å²) < 4.78 is 65.0. The molecule has 1 saturated heterocycles. The van der Waals surface area contributed by atoms with Gasteiger partial charge in [0.15, 0.2) is 5.40 Å². The van der Waals surface area contributed by atoms with E-state index < -0.39 is 152 Å². The third-order valence-corrected chi connectivity index (χ3v) is 20.7. The molecule has 6 aliphatic rings. The molecule has 5 bridgehead atoms. The van der Waals surface area contributed by atoms with Gasteiger partial charge in [0.2, 0.25) is 5.78 Å². The zero-order valence-corrected chi connectivity index (χ0v) is 53.8. The Kier molecular flexibility index (Phi) is 23.2. The number of rotatable bonds is 17. The van der Waals surface area contributed by atoms with Crippen LogP contribution in [-0.4, -0.2) is 193 Å². The number of likely N-dealkylation sites (tertiary alicyclic amines) is 1. The number of nitrogens with one attached hydrogen (secondary N) is 1. The van der Waals surface area contributed by atoms with Crippen molar-refractivity contribution in [2.75, 3.05) is 60.1 Å². The topological polar surface area (TPSA) is 374 Å². The van der Waals surface area contributed by atoms with Gasteiger partial charge in [-0.25, -0.2) is 9.69 Å². The maximum atomic E-state index is 15.3. The maximum Gasteiger partial charge on any atom is 0.416 e. The Morgan fingerprint density at radius 2 is 1.51 bits per heavy atom. The molecule has 7 N–H and O–H groups in total. The molecule has 5 aliphatic heterocycles. The van der Waals surface area contributed by atoms with Crippen molar-refractivity contribution < 1.29 is 106 Å². The lowest BCUT2D eigenvalue weighted by molar-refractivity contribution is -0.166. The zero-order chi connectivity index (χ0) is 65.7. The number of aliphatic hydroxyl groups is 1. The fourth-order valence-corrected chi connectivity index (χ4v) is 14.7. The largest absolute Gasteiger partial charge is 0.507 e. The highest BCUT2D eigenvalue weighted by molar-refractivity contribution is 7.70. The Morgan fingerprint density at radius 3 is 2.09 bits per heavy atom. The number of nitrogens with zero attached hydrogens (tertiary/aromatic N) is 4. The monoisotopic (exact) mass is 1280 g/mol. The highest BCUT2D eigenvalue weighted by Gasteiger charge is 2.58. The minimum atomic E-state index is -5.21. The number of fused-ring (bicyclic) bond motifs is 13. The van der Waals surface area contributed by atoms with Crippen LogP contribution in [0.5, 0.6) is 11.5 Å². The summed E-state index contributed by atoms with van der Waals surface area (Å²) in [6, 6.07) is 0. The molecule has 27 nitrogen and oxygen atoms in total. The van der Waals surface area contributed by atoms with Crippen molar-refractivity contribution >= 4 is 62.4 Å². The van der Waals surface area contributed by atoms with Crippen molar-refractivity contribution in [1.29, 1.82) is 0 Å². The number of carbonyl (C=O) groups is 7. The number of aliphatic imine (C=N–C) groups is 1. The number of allylic oxidation sites excluding steroid dienone is 4. The first-order chi connectivity index (χ1) is 41.0. The summed E-state index contributed by atoms with van der Waals surface area (Å²) in [4.78, 5) is 147. The van der Waals surface area contributed by atoms with Gasteiger partial charge < -0.3 is 73.2 Å². The molecule has 2 amide bonds. The van der Waals surface area contributed by atoms with E-state index in [0.29, 0.717) is 19.0 Å². The molecule has 0 radical (unpaired) electrons. The van der Waals surface area contributed by atoms with Gasteiger partial charge in [0, 0.05) is 107 Å². The molecule has 9 atom stereocenters. The van der Waals surface area contributed by atoms with Crippen LogP contribution in [0.25, 0.3) is 0 Å². The molecule has 5 heterocycles. The van der Waals surface area contributed by atoms with Crippen molar-refractivity contribution in [2.24, 2.45) is 34.6 Å². The lowest BCUT2D eigenvalue weighted by Crippen LogP contribution is -2.54. The predicted octanol–water partition coefficient (Wildman–Crippen LogP) is 5.36. The van der Waals surface area contributed by atoms with Gasteiger partial charge in [-0.15, -0.1) is 0 Å². The minimum Gasteiger partial charge on any atom is -0.507 e. The summed E-state index contributed by atoms with van der Waals surface area (Å²) in [6.45, 7) is 18.2. The number of hydrogen-bond acceptors (Lipinski definition) is 21. The van der Waals surface area contributed by atoms with E-state index in [9.17, 15) is 62.9 Å². The average molecular weight is 1280 g/mol. The van der Waals surface area contributed by atoms with Gasteiger partial charge in [-0.1, -0.05) is 66.2 Å². The van der Waals surface area contributed by atoms with Crippen LogP contribution < -0.4 is 10.1 Å². The van der Waals surface area contributed by atoms with E-state index in [4.69, 9.17) is 38.2 Å². The molecule has 1 aliphatic carbocycles. The lowest BCUT2D eigenvalue weighted by atomic mass is 9.78. The van der Waals surface area contributed by atoms with Gasteiger partial charge in [0.1, 0.15) is 47.4 Å². The highest BCUT2D eigenvalue weighted by Crippen LogP contribution is 2.62. The fourth-order valence-electron chi connectivity index (χ4n) is 12.1. The number of piperidine rings is 1. The Bertz CT molecular complexity index is 3100. The second-order valence-corrected chi connectivity index (χ2v) is 27.9. The fraction of sp³-hybridized carbons (Fsp3) is 0.627. The van der Waals surface area contributed by atoms with Crippen LogP contribution in [0.2, 0.25) is 0 Å². The van der Waals surface area contributed by atoms with Crippen molar-refractivity contribution in [1.82, 2.24) is 20.0 Å². The van der Waals surface area contributed by atoms with Crippen LogP contribution >= 0.6 is 15.2 Å². The van der Waals surface area contributed by atoms with Gasteiger partial charge >= 0.3 is 45.0 Å². The van der Waals surface area contributed by atoms with E-state index in [1.54, 1.807) is 33.8 Å². The van der Waals surface area contributed by atoms with E-state index in [0.717, 1.165) is 19.9 Å². The number of amides is 2. The molecule has 0 saturated carbocycles. The summed E-state index contributed by atoms with van der Waals surface area (Å²) in [5.41, 5.74) is -2.87. The summed E-state index contributed by atoms with van der Waals surface area (Å²) in [7, 11) is -7.89. The van der Waals surface area contributed by atoms with Gasteiger partial charge in [-0.2, -0.15) is 0 Å². The molecule has 1 fully saturated rings. The number of ether oxygens (including phenoxy) is 7. The molecule has 29 heteroatoms. The molecule has 0 aromatic heterocycles. The summed E-state index contributed by atoms with van der Waals surface area (Å²) >= 11 is 0. The van der Waals surface area contributed by atoms with Crippen LogP contribution in [0, 0.1) is 36.5 Å². The number of hydrogen-bond donors (Lipinski definition) is 7. The van der Waals surface area contributed by atoms with Gasteiger partial charge in [-0.05, 0) is 45.2 Å². The molecule has 488 valence electrons. The second kappa shape index (κ2) is 28.8. The first kappa shape index (κ1) is 71.0. The summed E-state index contributed by atoms with van der Waals surface area (Å²) in [5, 5.41) is 25.0. The number of methoxy groups -OCH3 is 2. The van der Waals surface area contributed by atoms with Crippen molar-refractivity contribution in [3.05, 3.63) is 69.8 Å². The van der Waals surface area contributed by atoms with Crippen molar-refractivity contribution in [2.45, 2.75) is 150 Å². The van der Waals surface area contributed by atoms with E-state index in [1.807, 2.05) is 0 Å². The zero-order valence-electron chi connectivity index (χ0n) is 52.0. The number of phenolic OH excluding ortho intramolecular Hbond substituents is 1. The Hall–Kier alpha value is -6.12. The van der Waals surface area contributed by atoms with Crippen LogP contribution in [-0.2, 0) is 56.7 Å². The second-order valence-electron chi connectivity index (χ2n) is 23.9. The minimum absolute atomic E-state index is 0.00111. The van der Waals surface area contributed by atoms with Crippen LogP contribution in [0.3, 0.4) is 0 Å². The Labute approximate surface area is 511 Å². The lowest BCUT2D eigenvalue weighted by Gasteiger charge is -2.43. The SMILES string of the molecule is COC(=O)N1C2=C3NC(=O)/C(C)=C\C=C\[C@H](C)[C@H](OC(=O)CN(CCCCC(P(=O)(O)O)P(=O)(O)O)CCOC(C)=O)[C@@H](C)[C@@H](O)[C@@H](C)[C@H](OC(C)=O)[C@H](C)[C@@H](OC)/C=C/O[C@@]4(C)Oc5c(C)c(O)c(c(c5C4=O)C2=NC12CCN(CC(C)C)CC2)C3=O. The normalized spacial score (nSPS) is 27.5. The molecule has 1 aromatic carbocycles. The Balaban J connectivity index is 1.46. The van der Waals surface area contributed by atoms with E-state index in [-0.39, 0.29) is 84.8 Å². The van der Waals surface area contributed by atoms with Gasteiger partial charge in [-0.3, -0.25) is 47.8 Å². The molecule has 88 heavy (non-hydrogen) atoms. The Morgan fingerprint density at radius 1 is 0.875 bits per heavy atom.